The second kappa shape index (κ2) is 5.04. The third kappa shape index (κ3) is 2.76. The largest absolute Gasteiger partial charge is 0.396 e. The first-order chi connectivity index (χ1) is 9.20. The van der Waals surface area contributed by atoms with Crippen LogP contribution in [-0.2, 0) is 0 Å². The van der Waals surface area contributed by atoms with Gasteiger partial charge in [0.1, 0.15) is 11.6 Å². The molecule has 1 aromatic rings. The minimum atomic E-state index is -0.860. The van der Waals surface area contributed by atoms with Crippen molar-refractivity contribution < 1.29 is 13.6 Å². The van der Waals surface area contributed by atoms with Crippen LogP contribution in [0.4, 0.5) is 14.5 Å². The topological polar surface area (TPSA) is 46.3 Å². The Labute approximate surface area is 117 Å². The molecule has 1 heterocycles. The van der Waals surface area contributed by atoms with Crippen molar-refractivity contribution in [2.75, 3.05) is 18.8 Å². The van der Waals surface area contributed by atoms with Gasteiger partial charge in [-0.05, 0) is 23.8 Å². The average Bonchev–Trinajstić information content (AvgIpc) is 2.82. The van der Waals surface area contributed by atoms with Crippen LogP contribution in [0.25, 0.3) is 0 Å². The molecule has 2 N–H and O–H groups in total. The number of nitrogens with two attached hydrogens (primary N) is 1. The van der Waals surface area contributed by atoms with Crippen molar-refractivity contribution in [3.63, 3.8) is 0 Å². The lowest BCUT2D eigenvalue weighted by molar-refractivity contribution is 0.0772. The fraction of sp³-hybridized carbons (Fsp3) is 0.533. The normalized spacial score (nSPS) is 19.4. The maximum Gasteiger partial charge on any atom is 0.256 e. The number of amides is 1. The molecule has 1 aliphatic heterocycles. The molecule has 0 aromatic heterocycles. The van der Waals surface area contributed by atoms with E-state index in [1.165, 1.54) is 0 Å². The van der Waals surface area contributed by atoms with Gasteiger partial charge in [0.15, 0.2) is 0 Å². The minimum Gasteiger partial charge on any atom is -0.396 e. The predicted octanol–water partition coefficient (Wildman–Crippen LogP) is 3.06. The number of likely N-dealkylation sites (tertiary alicyclic amines) is 1. The molecule has 3 nitrogen and oxygen atoms in total. The molecule has 0 radical (unpaired) electrons. The van der Waals surface area contributed by atoms with Gasteiger partial charge in [0.2, 0.25) is 0 Å². The summed E-state index contributed by atoms with van der Waals surface area (Å²) in [6.45, 7) is 7.57. The van der Waals surface area contributed by atoms with Crippen LogP contribution in [0, 0.1) is 23.0 Å². The van der Waals surface area contributed by atoms with Gasteiger partial charge in [0, 0.05) is 19.2 Å². The number of carbonyl (C=O) groups is 1. The van der Waals surface area contributed by atoms with Crippen LogP contribution in [0.15, 0.2) is 12.1 Å². The van der Waals surface area contributed by atoms with Gasteiger partial charge in [0.25, 0.3) is 5.91 Å². The second-order valence-electron chi connectivity index (χ2n) is 6.46. The molecule has 5 heteroatoms. The number of nitrogen functional groups attached to an aromatic ring is 1. The first kappa shape index (κ1) is 14.8. The summed E-state index contributed by atoms with van der Waals surface area (Å²) in [7, 11) is 0. The van der Waals surface area contributed by atoms with Crippen LogP contribution >= 0.6 is 0 Å². The van der Waals surface area contributed by atoms with Crippen molar-refractivity contribution in [1.82, 2.24) is 4.90 Å². The van der Waals surface area contributed by atoms with Gasteiger partial charge in [-0.2, -0.15) is 0 Å². The summed E-state index contributed by atoms with van der Waals surface area (Å²) >= 11 is 0. The SMILES string of the molecule is CC(C)(C)C1CCN(C(=O)c2cc(N)c(F)cc2F)C1. The van der Waals surface area contributed by atoms with E-state index in [9.17, 15) is 13.6 Å². The van der Waals surface area contributed by atoms with Crippen LogP contribution in [0.1, 0.15) is 37.6 Å². The van der Waals surface area contributed by atoms with E-state index in [0.717, 1.165) is 12.5 Å². The van der Waals surface area contributed by atoms with E-state index in [0.29, 0.717) is 25.1 Å². The standard InChI is InChI=1S/C15H20F2N2O/c1-15(2,3)9-4-5-19(8-9)14(20)10-6-13(18)12(17)7-11(10)16/h6-7,9H,4-5,8,18H2,1-3H3. The molecule has 1 aromatic carbocycles. The fourth-order valence-electron chi connectivity index (χ4n) is 2.55. The van der Waals surface area contributed by atoms with Crippen molar-refractivity contribution in [2.24, 2.45) is 11.3 Å². The third-order valence-corrected chi connectivity index (χ3v) is 4.02. The number of carbonyl (C=O) groups excluding carboxylic acids is 1. The van der Waals surface area contributed by atoms with Crippen LogP contribution in [0.5, 0.6) is 0 Å². The zero-order chi connectivity index (χ0) is 15.1. The van der Waals surface area contributed by atoms with Crippen LogP contribution < -0.4 is 5.73 Å². The number of halogens is 2. The van der Waals surface area contributed by atoms with Gasteiger partial charge in [-0.15, -0.1) is 0 Å². The molecular formula is C15H20F2N2O. The molecule has 1 fully saturated rings. The lowest BCUT2D eigenvalue weighted by Crippen LogP contribution is -2.31. The Bertz CT molecular complexity index is 537. The van der Waals surface area contributed by atoms with Crippen molar-refractivity contribution in [3.05, 3.63) is 29.3 Å². The van der Waals surface area contributed by atoms with E-state index in [1.54, 1.807) is 4.90 Å². The van der Waals surface area contributed by atoms with Crippen LogP contribution in [0.3, 0.4) is 0 Å². The Morgan fingerprint density at radius 2 is 1.95 bits per heavy atom. The Balaban J connectivity index is 2.20. The minimum absolute atomic E-state index is 0.107. The number of rotatable bonds is 1. The van der Waals surface area contributed by atoms with Crippen molar-refractivity contribution >= 4 is 11.6 Å². The molecule has 0 aliphatic carbocycles. The van der Waals surface area contributed by atoms with Crippen LogP contribution in [-0.4, -0.2) is 23.9 Å². The Morgan fingerprint density at radius 1 is 1.30 bits per heavy atom. The third-order valence-electron chi connectivity index (χ3n) is 4.02. The molecule has 20 heavy (non-hydrogen) atoms. The van der Waals surface area contributed by atoms with Gasteiger partial charge in [-0.1, -0.05) is 20.8 Å². The zero-order valence-corrected chi connectivity index (χ0v) is 12.0. The monoisotopic (exact) mass is 282 g/mol. The summed E-state index contributed by atoms with van der Waals surface area (Å²) in [5.41, 5.74) is 5.16. The second-order valence-corrected chi connectivity index (χ2v) is 6.46. The van der Waals surface area contributed by atoms with Gasteiger partial charge in [-0.3, -0.25) is 4.79 Å². The van der Waals surface area contributed by atoms with Gasteiger partial charge in [-0.25, -0.2) is 8.78 Å². The average molecular weight is 282 g/mol. The van der Waals surface area contributed by atoms with Gasteiger partial charge in [0.05, 0.1) is 11.3 Å². The maximum atomic E-state index is 13.7. The highest BCUT2D eigenvalue weighted by Gasteiger charge is 2.34. The number of hydrogen-bond acceptors (Lipinski definition) is 2. The molecule has 2 rings (SSSR count). The van der Waals surface area contributed by atoms with Crippen molar-refractivity contribution in [3.8, 4) is 0 Å². The van der Waals surface area contributed by atoms with E-state index in [2.05, 4.69) is 20.8 Å². The quantitative estimate of drug-likeness (QED) is 0.805. The predicted molar refractivity (Wildman–Crippen MR) is 74.2 cm³/mol. The number of benzene rings is 1. The van der Waals surface area contributed by atoms with E-state index in [1.807, 2.05) is 0 Å². The molecule has 1 unspecified atom stereocenters. The first-order valence-corrected chi connectivity index (χ1v) is 6.74. The van der Waals surface area contributed by atoms with E-state index < -0.39 is 17.5 Å². The summed E-state index contributed by atoms with van der Waals surface area (Å²) < 4.78 is 26.9. The van der Waals surface area contributed by atoms with E-state index >= 15 is 0 Å². The molecule has 1 saturated heterocycles. The van der Waals surface area contributed by atoms with Crippen LogP contribution in [0.2, 0.25) is 0 Å². The zero-order valence-electron chi connectivity index (χ0n) is 12.0. The van der Waals surface area contributed by atoms with E-state index in [4.69, 9.17) is 5.73 Å². The lowest BCUT2D eigenvalue weighted by Gasteiger charge is -2.27. The number of nitrogens with zero attached hydrogens (tertiary/aromatic N) is 1. The van der Waals surface area contributed by atoms with Crippen molar-refractivity contribution in [2.45, 2.75) is 27.2 Å². The van der Waals surface area contributed by atoms with Gasteiger partial charge >= 0.3 is 0 Å². The maximum absolute atomic E-state index is 13.7. The fourth-order valence-corrected chi connectivity index (χ4v) is 2.55. The first-order valence-electron chi connectivity index (χ1n) is 6.74. The molecule has 0 saturated carbocycles. The summed E-state index contributed by atoms with van der Waals surface area (Å²) in [6, 6.07) is 1.75. The molecule has 1 amide bonds. The Hall–Kier alpha value is -1.65. The molecular weight excluding hydrogens is 262 g/mol. The summed E-state index contributed by atoms with van der Waals surface area (Å²) in [5, 5.41) is 0. The molecule has 110 valence electrons. The van der Waals surface area contributed by atoms with E-state index in [-0.39, 0.29) is 16.7 Å². The Kier molecular flexibility index (Phi) is 3.71. The number of anilines is 1. The highest BCUT2D eigenvalue weighted by molar-refractivity contribution is 5.95. The highest BCUT2D eigenvalue weighted by atomic mass is 19.1. The molecule has 1 atom stereocenters. The summed E-state index contributed by atoms with van der Waals surface area (Å²) in [5.74, 6) is -1.73. The van der Waals surface area contributed by atoms with Crippen molar-refractivity contribution in [1.29, 1.82) is 0 Å². The summed E-state index contributed by atoms with van der Waals surface area (Å²) in [6.07, 6.45) is 0.896. The highest BCUT2D eigenvalue weighted by Crippen LogP contribution is 2.34. The smallest absolute Gasteiger partial charge is 0.256 e. The van der Waals surface area contributed by atoms with Gasteiger partial charge < -0.3 is 10.6 Å². The molecule has 0 spiro atoms. The number of hydrogen-bond donors (Lipinski definition) is 1. The summed E-state index contributed by atoms with van der Waals surface area (Å²) in [4.78, 5) is 13.9. The molecule has 1 aliphatic rings. The molecule has 0 bridgehead atoms. The Morgan fingerprint density at radius 3 is 2.50 bits per heavy atom. The lowest BCUT2D eigenvalue weighted by atomic mass is 9.80.